The van der Waals surface area contributed by atoms with Crippen molar-refractivity contribution in [2.45, 2.75) is 64.8 Å². The number of alkyl carbamates (subject to hydrolysis) is 1. The number of nitrogens with one attached hydrogen (secondary N) is 3. The summed E-state index contributed by atoms with van der Waals surface area (Å²) in [6.45, 7) is 10.0. The first-order chi connectivity index (χ1) is 23.0. The van der Waals surface area contributed by atoms with E-state index in [1.807, 2.05) is 39.0 Å². The number of carbonyl (C=O) groups is 1. The number of halogens is 1. The number of aryl methyl sites for hydroxylation is 1. The number of anilines is 1. The van der Waals surface area contributed by atoms with Crippen LogP contribution in [0, 0.1) is 12.7 Å². The molecule has 1 aliphatic rings. The topological polar surface area (TPSA) is 78.6 Å². The molecule has 0 saturated carbocycles. The van der Waals surface area contributed by atoms with E-state index in [0.29, 0.717) is 12.3 Å². The molecular formula is C40H45FN4O3. The van der Waals surface area contributed by atoms with E-state index >= 15 is 0 Å². The van der Waals surface area contributed by atoms with Gasteiger partial charge in [-0.25, -0.2) is 9.18 Å². The fourth-order valence-corrected chi connectivity index (χ4v) is 6.54. The van der Waals surface area contributed by atoms with E-state index in [2.05, 4.69) is 82.0 Å². The number of para-hydroxylation sites is 1. The first kappa shape index (κ1) is 33.1. The van der Waals surface area contributed by atoms with Crippen LogP contribution in [0.15, 0.2) is 91.0 Å². The summed E-state index contributed by atoms with van der Waals surface area (Å²) >= 11 is 0. The number of fused-ring (bicyclic) bond motifs is 1. The van der Waals surface area contributed by atoms with Gasteiger partial charge in [0.2, 0.25) is 0 Å². The highest BCUT2D eigenvalue weighted by Crippen LogP contribution is 2.33. The summed E-state index contributed by atoms with van der Waals surface area (Å²) in [5, 5.41) is 7.81. The Hall–Kier alpha value is -4.82. The molecule has 1 saturated heterocycles. The van der Waals surface area contributed by atoms with Crippen LogP contribution >= 0.6 is 0 Å². The Morgan fingerprint density at radius 2 is 1.71 bits per heavy atom. The van der Waals surface area contributed by atoms with Gasteiger partial charge in [-0.3, -0.25) is 0 Å². The zero-order chi connectivity index (χ0) is 33.8. The monoisotopic (exact) mass is 648 g/mol. The molecule has 0 bridgehead atoms. The van der Waals surface area contributed by atoms with Crippen molar-refractivity contribution < 1.29 is 18.7 Å². The number of carbonyl (C=O) groups excluding carboxylic acids is 1. The lowest BCUT2D eigenvalue weighted by Crippen LogP contribution is -2.46. The van der Waals surface area contributed by atoms with Crippen molar-refractivity contribution >= 4 is 22.7 Å². The van der Waals surface area contributed by atoms with Crippen LogP contribution in [-0.2, 0) is 11.3 Å². The molecule has 3 N–H and O–H groups in total. The number of hydrogen-bond donors (Lipinski definition) is 3. The average Bonchev–Trinajstić information content (AvgIpc) is 3.48. The smallest absolute Gasteiger partial charge is 0.407 e. The molecule has 7 nitrogen and oxygen atoms in total. The number of piperidine rings is 1. The van der Waals surface area contributed by atoms with Gasteiger partial charge < -0.3 is 30.0 Å². The van der Waals surface area contributed by atoms with Crippen LogP contribution in [-0.4, -0.2) is 42.9 Å². The second-order valence-electron chi connectivity index (χ2n) is 13.7. The molecule has 0 radical (unpaired) electrons. The van der Waals surface area contributed by atoms with E-state index < -0.39 is 5.60 Å². The Kier molecular flexibility index (Phi) is 9.73. The maximum absolute atomic E-state index is 14.6. The van der Waals surface area contributed by atoms with Crippen molar-refractivity contribution in [2.24, 2.45) is 0 Å². The number of aromatic nitrogens is 1. The summed E-state index contributed by atoms with van der Waals surface area (Å²) in [6, 6.07) is 30.0. The van der Waals surface area contributed by atoms with E-state index in [1.54, 1.807) is 19.2 Å². The molecule has 5 aromatic rings. The summed E-state index contributed by atoms with van der Waals surface area (Å²) in [6.07, 6.45) is 1.40. The van der Waals surface area contributed by atoms with Crippen molar-refractivity contribution in [3.8, 4) is 16.9 Å². The van der Waals surface area contributed by atoms with Crippen LogP contribution in [0.2, 0.25) is 0 Å². The molecule has 4 aromatic carbocycles. The predicted octanol–water partition coefficient (Wildman–Crippen LogP) is 8.66. The summed E-state index contributed by atoms with van der Waals surface area (Å²) < 4.78 is 25.7. The highest BCUT2D eigenvalue weighted by Gasteiger charge is 2.24. The second-order valence-corrected chi connectivity index (χ2v) is 13.7. The standard InChI is InChI=1S/C40H45FN4O3/c1-26-20-27(25-42-38(34-24-31(41)12-15-37(34)47-5)36-23-29-8-6-7-9-35(29)44-36)22-30(21-26)28-10-13-33(14-11-28)45-18-16-32(17-19-45)43-39(46)48-40(2,3)4/h6-15,20-24,32,38,42,44H,16-19,25H2,1-5H3,(H,43,46)/t38-/m1/s1. The second kappa shape index (κ2) is 14.1. The van der Waals surface area contributed by atoms with Crippen molar-refractivity contribution in [1.29, 1.82) is 0 Å². The number of methoxy groups -OCH3 is 1. The number of rotatable bonds is 9. The Balaban J connectivity index is 1.16. The Morgan fingerprint density at radius 1 is 0.958 bits per heavy atom. The third-order valence-electron chi connectivity index (χ3n) is 8.79. The maximum Gasteiger partial charge on any atom is 0.407 e. The van der Waals surface area contributed by atoms with E-state index in [0.717, 1.165) is 64.8 Å². The van der Waals surface area contributed by atoms with Crippen molar-refractivity contribution in [3.05, 3.63) is 119 Å². The van der Waals surface area contributed by atoms with Crippen molar-refractivity contribution in [2.75, 3.05) is 25.1 Å². The summed E-state index contributed by atoms with van der Waals surface area (Å²) in [4.78, 5) is 18.1. The number of benzene rings is 4. The molecule has 0 unspecified atom stereocenters. The minimum atomic E-state index is -0.501. The van der Waals surface area contributed by atoms with Gasteiger partial charge in [-0.05, 0) is 111 Å². The van der Waals surface area contributed by atoms with E-state index in [1.165, 1.54) is 17.3 Å². The number of ether oxygens (including phenoxy) is 2. The third-order valence-corrected chi connectivity index (χ3v) is 8.79. The van der Waals surface area contributed by atoms with Crippen molar-refractivity contribution in [3.63, 3.8) is 0 Å². The van der Waals surface area contributed by atoms with Crippen LogP contribution in [0.1, 0.15) is 62.0 Å². The maximum atomic E-state index is 14.6. The van der Waals surface area contributed by atoms with Crippen LogP contribution in [0.25, 0.3) is 22.0 Å². The van der Waals surface area contributed by atoms with E-state index in [-0.39, 0.29) is 24.0 Å². The lowest BCUT2D eigenvalue weighted by molar-refractivity contribution is 0.0497. The van der Waals surface area contributed by atoms with Gasteiger partial charge in [0.15, 0.2) is 0 Å². The molecular weight excluding hydrogens is 603 g/mol. The number of amides is 1. The summed E-state index contributed by atoms with van der Waals surface area (Å²) in [5.74, 6) is 0.318. The fraction of sp³-hybridized carbons (Fsp3) is 0.325. The van der Waals surface area contributed by atoms with Gasteiger partial charge in [-0.15, -0.1) is 0 Å². The van der Waals surface area contributed by atoms with Gasteiger partial charge >= 0.3 is 6.09 Å². The SMILES string of the molecule is COc1ccc(F)cc1[C@@H](NCc1cc(C)cc(-c2ccc(N3CCC(NC(=O)OC(C)(C)C)CC3)cc2)c1)c1cc2ccccc2[nH]1. The van der Waals surface area contributed by atoms with Crippen LogP contribution in [0.3, 0.4) is 0 Å². The molecule has 1 amide bonds. The summed E-state index contributed by atoms with van der Waals surface area (Å²) in [5.41, 5.74) is 7.95. The molecule has 250 valence electrons. The van der Waals surface area contributed by atoms with Crippen molar-refractivity contribution in [1.82, 2.24) is 15.6 Å². The minimum Gasteiger partial charge on any atom is -0.496 e. The van der Waals surface area contributed by atoms with Gasteiger partial charge in [-0.1, -0.05) is 48.0 Å². The Morgan fingerprint density at radius 3 is 2.42 bits per heavy atom. The van der Waals surface area contributed by atoms with Gasteiger partial charge in [0, 0.05) is 48.1 Å². The number of nitrogens with zero attached hydrogens (tertiary/aromatic N) is 1. The minimum absolute atomic E-state index is 0.118. The van der Waals surface area contributed by atoms with Gasteiger partial charge in [0.05, 0.1) is 13.2 Å². The molecule has 0 aliphatic carbocycles. The fourth-order valence-electron chi connectivity index (χ4n) is 6.54. The Bertz CT molecular complexity index is 1840. The number of H-pyrrole nitrogens is 1. The molecule has 6 rings (SSSR count). The quantitative estimate of drug-likeness (QED) is 0.149. The zero-order valence-electron chi connectivity index (χ0n) is 28.4. The first-order valence-corrected chi connectivity index (χ1v) is 16.6. The molecule has 1 aliphatic heterocycles. The highest BCUT2D eigenvalue weighted by molar-refractivity contribution is 5.80. The predicted molar refractivity (Wildman–Crippen MR) is 191 cm³/mol. The van der Waals surface area contributed by atoms with Crippen LogP contribution in [0.5, 0.6) is 5.75 Å². The molecule has 48 heavy (non-hydrogen) atoms. The Labute approximate surface area is 282 Å². The molecule has 0 spiro atoms. The first-order valence-electron chi connectivity index (χ1n) is 16.6. The number of hydrogen-bond acceptors (Lipinski definition) is 5. The molecule has 1 atom stereocenters. The molecule has 1 aromatic heterocycles. The van der Waals surface area contributed by atoms with Crippen LogP contribution < -0.4 is 20.3 Å². The lowest BCUT2D eigenvalue weighted by Gasteiger charge is -2.34. The third kappa shape index (κ3) is 8.00. The molecule has 1 fully saturated rings. The normalized spacial score (nSPS) is 14.6. The molecule has 8 heteroatoms. The highest BCUT2D eigenvalue weighted by atomic mass is 19.1. The lowest BCUT2D eigenvalue weighted by atomic mass is 9.98. The van der Waals surface area contributed by atoms with Crippen LogP contribution in [0.4, 0.5) is 14.9 Å². The van der Waals surface area contributed by atoms with Gasteiger partial charge in [0.25, 0.3) is 0 Å². The zero-order valence-corrected chi connectivity index (χ0v) is 28.4. The molecule has 2 heterocycles. The van der Waals surface area contributed by atoms with Gasteiger partial charge in [-0.2, -0.15) is 0 Å². The number of aromatic amines is 1. The largest absolute Gasteiger partial charge is 0.496 e. The van der Waals surface area contributed by atoms with E-state index in [9.17, 15) is 9.18 Å². The van der Waals surface area contributed by atoms with E-state index in [4.69, 9.17) is 9.47 Å². The summed E-state index contributed by atoms with van der Waals surface area (Å²) in [7, 11) is 1.61. The van der Waals surface area contributed by atoms with Gasteiger partial charge in [0.1, 0.15) is 17.2 Å². The average molecular weight is 649 g/mol.